The van der Waals surface area contributed by atoms with E-state index in [0.717, 1.165) is 16.8 Å². The van der Waals surface area contributed by atoms with Gasteiger partial charge in [0, 0.05) is 10.0 Å². The molecular weight excluding hydrogens is 278 g/mol. The van der Waals surface area contributed by atoms with Crippen LogP contribution in [0.4, 0.5) is 0 Å². The number of furan rings is 1. The van der Waals surface area contributed by atoms with E-state index in [4.69, 9.17) is 4.42 Å². The molecule has 0 saturated heterocycles. The molecule has 0 aliphatic heterocycles. The molecule has 0 saturated carbocycles. The van der Waals surface area contributed by atoms with E-state index in [9.17, 15) is 0 Å². The SMILES string of the molecule is CCNC(c1ccc(Br)cc1)c1ccoc1C. The van der Waals surface area contributed by atoms with Gasteiger partial charge in [0.15, 0.2) is 0 Å². The Morgan fingerprint density at radius 3 is 2.47 bits per heavy atom. The number of aryl methyl sites for hydroxylation is 1. The predicted molar refractivity (Wildman–Crippen MR) is 73.1 cm³/mol. The van der Waals surface area contributed by atoms with E-state index in [-0.39, 0.29) is 6.04 Å². The highest BCUT2D eigenvalue weighted by Crippen LogP contribution is 2.26. The lowest BCUT2D eigenvalue weighted by Gasteiger charge is -2.18. The van der Waals surface area contributed by atoms with Crippen LogP contribution in [-0.4, -0.2) is 6.54 Å². The van der Waals surface area contributed by atoms with Crippen molar-refractivity contribution in [3.8, 4) is 0 Å². The van der Waals surface area contributed by atoms with Gasteiger partial charge in [-0.1, -0.05) is 35.0 Å². The molecular formula is C14H16BrNO. The van der Waals surface area contributed by atoms with E-state index in [1.165, 1.54) is 11.1 Å². The fraction of sp³-hybridized carbons (Fsp3) is 0.286. The van der Waals surface area contributed by atoms with Crippen LogP contribution in [0.5, 0.6) is 0 Å². The molecule has 1 unspecified atom stereocenters. The lowest BCUT2D eigenvalue weighted by molar-refractivity contribution is 0.520. The first-order valence-corrected chi connectivity index (χ1v) is 6.54. The highest BCUT2D eigenvalue weighted by Gasteiger charge is 2.16. The Labute approximate surface area is 110 Å². The molecule has 90 valence electrons. The first kappa shape index (κ1) is 12.4. The smallest absolute Gasteiger partial charge is 0.105 e. The molecule has 17 heavy (non-hydrogen) atoms. The summed E-state index contributed by atoms with van der Waals surface area (Å²) in [5.41, 5.74) is 2.45. The van der Waals surface area contributed by atoms with Crippen molar-refractivity contribution < 1.29 is 4.42 Å². The first-order chi connectivity index (χ1) is 8.22. The Kier molecular flexibility index (Phi) is 4.02. The zero-order valence-electron chi connectivity index (χ0n) is 10.0. The molecule has 0 aliphatic carbocycles. The summed E-state index contributed by atoms with van der Waals surface area (Å²) in [5.74, 6) is 0.971. The van der Waals surface area contributed by atoms with Gasteiger partial charge in [0.25, 0.3) is 0 Å². The molecule has 1 N–H and O–H groups in total. The normalized spacial score (nSPS) is 12.6. The van der Waals surface area contributed by atoms with Gasteiger partial charge < -0.3 is 9.73 Å². The summed E-state index contributed by atoms with van der Waals surface area (Å²) in [6, 6.07) is 10.6. The second-order valence-corrected chi connectivity index (χ2v) is 4.89. The van der Waals surface area contributed by atoms with Gasteiger partial charge in [0.2, 0.25) is 0 Å². The van der Waals surface area contributed by atoms with Crippen LogP contribution < -0.4 is 5.32 Å². The molecule has 2 rings (SSSR count). The van der Waals surface area contributed by atoms with Crippen LogP contribution in [0.15, 0.2) is 45.5 Å². The summed E-state index contributed by atoms with van der Waals surface area (Å²) < 4.78 is 6.49. The fourth-order valence-corrected chi connectivity index (χ4v) is 2.23. The monoisotopic (exact) mass is 293 g/mol. The second kappa shape index (κ2) is 5.52. The molecule has 1 aromatic heterocycles. The summed E-state index contributed by atoms with van der Waals surface area (Å²) in [7, 11) is 0. The van der Waals surface area contributed by atoms with Crippen LogP contribution in [0.25, 0.3) is 0 Å². The molecule has 1 atom stereocenters. The van der Waals surface area contributed by atoms with Gasteiger partial charge in [-0.25, -0.2) is 0 Å². The summed E-state index contributed by atoms with van der Waals surface area (Å²) in [5, 5.41) is 3.49. The summed E-state index contributed by atoms with van der Waals surface area (Å²) in [4.78, 5) is 0. The topological polar surface area (TPSA) is 25.2 Å². The lowest BCUT2D eigenvalue weighted by atomic mass is 9.99. The van der Waals surface area contributed by atoms with Gasteiger partial charge in [-0.15, -0.1) is 0 Å². The maximum Gasteiger partial charge on any atom is 0.105 e. The maximum absolute atomic E-state index is 5.39. The Bertz CT molecular complexity index is 475. The fourth-order valence-electron chi connectivity index (χ4n) is 1.96. The molecule has 0 fully saturated rings. The summed E-state index contributed by atoms with van der Waals surface area (Å²) >= 11 is 3.46. The van der Waals surface area contributed by atoms with Crippen molar-refractivity contribution in [1.29, 1.82) is 0 Å². The van der Waals surface area contributed by atoms with E-state index >= 15 is 0 Å². The number of nitrogens with one attached hydrogen (secondary N) is 1. The largest absolute Gasteiger partial charge is 0.469 e. The number of hydrogen-bond donors (Lipinski definition) is 1. The van der Waals surface area contributed by atoms with Crippen molar-refractivity contribution >= 4 is 15.9 Å². The number of hydrogen-bond acceptors (Lipinski definition) is 2. The van der Waals surface area contributed by atoms with Crippen LogP contribution in [0, 0.1) is 6.92 Å². The van der Waals surface area contributed by atoms with E-state index < -0.39 is 0 Å². The minimum absolute atomic E-state index is 0.201. The van der Waals surface area contributed by atoms with Gasteiger partial charge in [-0.2, -0.15) is 0 Å². The van der Waals surface area contributed by atoms with Gasteiger partial charge >= 0.3 is 0 Å². The third-order valence-electron chi connectivity index (χ3n) is 2.82. The Morgan fingerprint density at radius 2 is 1.94 bits per heavy atom. The summed E-state index contributed by atoms with van der Waals surface area (Å²) in [6.45, 7) is 5.03. The van der Waals surface area contributed by atoms with Crippen molar-refractivity contribution in [2.75, 3.05) is 6.54 Å². The van der Waals surface area contributed by atoms with Gasteiger partial charge in [0.05, 0.1) is 12.3 Å². The van der Waals surface area contributed by atoms with Crippen molar-refractivity contribution in [2.24, 2.45) is 0 Å². The van der Waals surface area contributed by atoms with Crippen molar-refractivity contribution in [3.63, 3.8) is 0 Å². The zero-order valence-corrected chi connectivity index (χ0v) is 11.6. The molecule has 2 aromatic rings. The van der Waals surface area contributed by atoms with Gasteiger partial charge in [-0.05, 0) is 37.2 Å². The third-order valence-corrected chi connectivity index (χ3v) is 3.35. The molecule has 0 bridgehead atoms. The Balaban J connectivity index is 2.35. The first-order valence-electron chi connectivity index (χ1n) is 5.75. The van der Waals surface area contributed by atoms with Crippen molar-refractivity contribution in [3.05, 3.63) is 58.0 Å². The van der Waals surface area contributed by atoms with Crippen LogP contribution >= 0.6 is 15.9 Å². The minimum Gasteiger partial charge on any atom is -0.469 e. The van der Waals surface area contributed by atoms with E-state index in [1.807, 2.05) is 13.0 Å². The quantitative estimate of drug-likeness (QED) is 0.920. The molecule has 0 spiro atoms. The number of rotatable bonds is 4. The van der Waals surface area contributed by atoms with Crippen LogP contribution in [0.2, 0.25) is 0 Å². The molecule has 1 aromatic carbocycles. The number of benzene rings is 1. The van der Waals surface area contributed by atoms with E-state index in [2.05, 4.69) is 52.4 Å². The highest BCUT2D eigenvalue weighted by molar-refractivity contribution is 9.10. The molecule has 3 heteroatoms. The van der Waals surface area contributed by atoms with Crippen molar-refractivity contribution in [1.82, 2.24) is 5.32 Å². The third kappa shape index (κ3) is 2.79. The van der Waals surface area contributed by atoms with Crippen molar-refractivity contribution in [2.45, 2.75) is 19.9 Å². The van der Waals surface area contributed by atoms with Gasteiger partial charge in [-0.3, -0.25) is 0 Å². The minimum atomic E-state index is 0.201. The average molecular weight is 294 g/mol. The van der Waals surface area contributed by atoms with E-state index in [1.54, 1.807) is 6.26 Å². The molecule has 1 heterocycles. The molecule has 0 amide bonds. The van der Waals surface area contributed by atoms with E-state index in [0.29, 0.717) is 0 Å². The van der Waals surface area contributed by atoms with Crippen LogP contribution in [0.1, 0.15) is 29.9 Å². The van der Waals surface area contributed by atoms with Crippen LogP contribution in [0.3, 0.4) is 0 Å². The molecule has 0 radical (unpaired) electrons. The van der Waals surface area contributed by atoms with Gasteiger partial charge in [0.1, 0.15) is 5.76 Å². The average Bonchev–Trinajstić information content (AvgIpc) is 2.74. The summed E-state index contributed by atoms with van der Waals surface area (Å²) in [6.07, 6.45) is 1.74. The highest BCUT2D eigenvalue weighted by atomic mass is 79.9. The Morgan fingerprint density at radius 1 is 1.24 bits per heavy atom. The standard InChI is InChI=1S/C14H16BrNO/c1-3-16-14(13-8-9-17-10(13)2)11-4-6-12(15)7-5-11/h4-9,14,16H,3H2,1-2H3. The van der Waals surface area contributed by atoms with Crippen LogP contribution in [-0.2, 0) is 0 Å². The predicted octanol–water partition coefficient (Wildman–Crippen LogP) is 4.05. The Hall–Kier alpha value is -1.06. The zero-order chi connectivity index (χ0) is 12.3. The molecule has 0 aliphatic rings. The second-order valence-electron chi connectivity index (χ2n) is 3.97. The maximum atomic E-state index is 5.39. The molecule has 2 nitrogen and oxygen atoms in total. The lowest BCUT2D eigenvalue weighted by Crippen LogP contribution is -2.22. The number of halogens is 1.